The van der Waals surface area contributed by atoms with Crippen molar-refractivity contribution >= 4 is 6.08 Å². The van der Waals surface area contributed by atoms with E-state index in [-0.39, 0.29) is 6.04 Å². The number of isocyanates is 1. The number of aliphatic imine (C=N–C) groups is 1. The first kappa shape index (κ1) is 13.7. The van der Waals surface area contributed by atoms with E-state index in [1.54, 1.807) is 6.08 Å². The van der Waals surface area contributed by atoms with Gasteiger partial charge in [0.05, 0.1) is 6.04 Å². The highest BCUT2D eigenvalue weighted by Gasteiger charge is 2.20. The fourth-order valence-electron chi connectivity index (χ4n) is 2.21. The van der Waals surface area contributed by atoms with Crippen LogP contribution in [0.1, 0.15) is 51.1 Å². The van der Waals surface area contributed by atoms with Crippen molar-refractivity contribution in [2.24, 2.45) is 10.9 Å². The minimum Gasteiger partial charge on any atom is -0.211 e. The summed E-state index contributed by atoms with van der Waals surface area (Å²) in [6.45, 7) is 4.35. The monoisotopic (exact) mass is 231 g/mol. The van der Waals surface area contributed by atoms with Crippen LogP contribution >= 0.6 is 0 Å². The molecule has 0 radical (unpaired) electrons. The molecule has 2 nitrogen and oxygen atoms in total. The maximum Gasteiger partial charge on any atom is 0.235 e. The number of benzene rings is 1. The van der Waals surface area contributed by atoms with Crippen LogP contribution in [0.2, 0.25) is 0 Å². The average molecular weight is 231 g/mol. The Morgan fingerprint density at radius 1 is 1.24 bits per heavy atom. The molecule has 0 aromatic heterocycles. The lowest BCUT2D eigenvalue weighted by Gasteiger charge is -2.21. The lowest BCUT2D eigenvalue weighted by atomic mass is 9.87. The van der Waals surface area contributed by atoms with Crippen LogP contribution in [0.25, 0.3) is 0 Å². The van der Waals surface area contributed by atoms with E-state index in [0.29, 0.717) is 5.92 Å². The highest BCUT2D eigenvalue weighted by Crippen LogP contribution is 2.31. The molecule has 2 unspecified atom stereocenters. The van der Waals surface area contributed by atoms with Crippen LogP contribution in [0.3, 0.4) is 0 Å². The SMILES string of the molecule is CCCCC(CC)C(N=C=O)c1ccccc1. The second-order valence-corrected chi connectivity index (χ2v) is 4.39. The van der Waals surface area contributed by atoms with Crippen molar-refractivity contribution in [3.8, 4) is 0 Å². The summed E-state index contributed by atoms with van der Waals surface area (Å²) in [6, 6.07) is 10.0. The van der Waals surface area contributed by atoms with Crippen molar-refractivity contribution in [3.63, 3.8) is 0 Å². The van der Waals surface area contributed by atoms with Crippen LogP contribution in [0.5, 0.6) is 0 Å². The maximum absolute atomic E-state index is 10.6. The van der Waals surface area contributed by atoms with Gasteiger partial charge >= 0.3 is 0 Å². The lowest BCUT2D eigenvalue weighted by Crippen LogP contribution is -2.10. The summed E-state index contributed by atoms with van der Waals surface area (Å²) in [7, 11) is 0. The highest BCUT2D eigenvalue weighted by molar-refractivity contribution is 5.35. The molecule has 0 aliphatic carbocycles. The molecule has 0 aliphatic rings. The third-order valence-corrected chi connectivity index (χ3v) is 3.23. The standard InChI is InChI=1S/C15H21NO/c1-3-5-9-13(4-2)15(16-12-17)14-10-7-6-8-11-14/h6-8,10-11,13,15H,3-5,9H2,1-2H3. The molecule has 2 atom stereocenters. The molecule has 0 fully saturated rings. The zero-order valence-electron chi connectivity index (χ0n) is 10.7. The van der Waals surface area contributed by atoms with Gasteiger partial charge in [0.25, 0.3) is 0 Å². The van der Waals surface area contributed by atoms with Gasteiger partial charge < -0.3 is 0 Å². The second kappa shape index (κ2) is 7.81. The van der Waals surface area contributed by atoms with Gasteiger partial charge in [-0.1, -0.05) is 63.4 Å². The molecule has 0 aliphatic heterocycles. The Morgan fingerprint density at radius 3 is 2.47 bits per heavy atom. The Morgan fingerprint density at radius 2 is 1.94 bits per heavy atom. The van der Waals surface area contributed by atoms with E-state index in [1.165, 1.54) is 12.8 Å². The largest absolute Gasteiger partial charge is 0.235 e. The molecule has 92 valence electrons. The number of unbranched alkanes of at least 4 members (excludes halogenated alkanes) is 1. The van der Waals surface area contributed by atoms with Gasteiger partial charge in [0.15, 0.2) is 0 Å². The van der Waals surface area contributed by atoms with Gasteiger partial charge in [0.1, 0.15) is 0 Å². The van der Waals surface area contributed by atoms with E-state index in [1.807, 2.05) is 30.3 Å². The van der Waals surface area contributed by atoms with Gasteiger partial charge in [-0.2, -0.15) is 4.99 Å². The molecule has 2 heteroatoms. The van der Waals surface area contributed by atoms with E-state index in [4.69, 9.17) is 0 Å². The quantitative estimate of drug-likeness (QED) is 0.508. The van der Waals surface area contributed by atoms with Crippen LogP contribution in [0.4, 0.5) is 0 Å². The molecular formula is C15H21NO. The average Bonchev–Trinajstić information content (AvgIpc) is 2.39. The lowest BCUT2D eigenvalue weighted by molar-refractivity contribution is 0.378. The molecule has 17 heavy (non-hydrogen) atoms. The number of nitrogens with zero attached hydrogens (tertiary/aromatic N) is 1. The molecule has 0 saturated heterocycles. The topological polar surface area (TPSA) is 29.4 Å². The molecule has 0 heterocycles. The molecule has 1 aromatic rings. The zero-order chi connectivity index (χ0) is 12.5. The minimum absolute atomic E-state index is 0.0229. The summed E-state index contributed by atoms with van der Waals surface area (Å²) >= 11 is 0. The number of hydrogen-bond donors (Lipinski definition) is 0. The first-order chi connectivity index (χ1) is 8.33. The summed E-state index contributed by atoms with van der Waals surface area (Å²) in [5.41, 5.74) is 1.12. The first-order valence-corrected chi connectivity index (χ1v) is 6.45. The van der Waals surface area contributed by atoms with Gasteiger partial charge in [-0.05, 0) is 17.9 Å². The van der Waals surface area contributed by atoms with Crippen LogP contribution in [0, 0.1) is 5.92 Å². The Bertz CT molecular complexity index is 354. The fourth-order valence-corrected chi connectivity index (χ4v) is 2.21. The smallest absolute Gasteiger partial charge is 0.211 e. The summed E-state index contributed by atoms with van der Waals surface area (Å²) in [4.78, 5) is 14.6. The Kier molecular flexibility index (Phi) is 6.27. The normalized spacial score (nSPS) is 13.8. The van der Waals surface area contributed by atoms with E-state index >= 15 is 0 Å². The number of rotatable bonds is 7. The summed E-state index contributed by atoms with van der Waals surface area (Å²) < 4.78 is 0. The van der Waals surface area contributed by atoms with Crippen LogP contribution in [-0.4, -0.2) is 6.08 Å². The summed E-state index contributed by atoms with van der Waals surface area (Å²) in [6.07, 6.45) is 6.28. The van der Waals surface area contributed by atoms with Crippen molar-refractivity contribution in [2.75, 3.05) is 0 Å². The van der Waals surface area contributed by atoms with Crippen LogP contribution in [-0.2, 0) is 4.79 Å². The van der Waals surface area contributed by atoms with E-state index < -0.39 is 0 Å². The fraction of sp³-hybridized carbons (Fsp3) is 0.533. The highest BCUT2D eigenvalue weighted by atomic mass is 16.1. The van der Waals surface area contributed by atoms with Gasteiger partial charge in [0.2, 0.25) is 6.08 Å². The second-order valence-electron chi connectivity index (χ2n) is 4.39. The molecule has 1 aromatic carbocycles. The minimum atomic E-state index is -0.0229. The van der Waals surface area contributed by atoms with Gasteiger partial charge in [-0.25, -0.2) is 4.79 Å². The number of carbonyl (C=O) groups excluding carboxylic acids is 1. The van der Waals surface area contributed by atoms with Crippen molar-refractivity contribution in [2.45, 2.75) is 45.6 Å². The predicted octanol–water partition coefficient (Wildman–Crippen LogP) is 4.28. The van der Waals surface area contributed by atoms with E-state index in [2.05, 4.69) is 18.8 Å². The Hall–Kier alpha value is -1.40. The molecule has 0 bridgehead atoms. The van der Waals surface area contributed by atoms with Crippen molar-refractivity contribution in [1.29, 1.82) is 0 Å². The van der Waals surface area contributed by atoms with Crippen molar-refractivity contribution in [3.05, 3.63) is 35.9 Å². The summed E-state index contributed by atoms with van der Waals surface area (Å²) in [5.74, 6) is 0.443. The molecule has 0 N–H and O–H groups in total. The molecule has 0 amide bonds. The Balaban J connectivity index is 2.87. The zero-order valence-corrected chi connectivity index (χ0v) is 10.7. The van der Waals surface area contributed by atoms with Crippen LogP contribution in [0.15, 0.2) is 35.3 Å². The summed E-state index contributed by atoms with van der Waals surface area (Å²) in [5, 5.41) is 0. The van der Waals surface area contributed by atoms with Crippen molar-refractivity contribution in [1.82, 2.24) is 0 Å². The van der Waals surface area contributed by atoms with E-state index in [9.17, 15) is 4.79 Å². The third kappa shape index (κ3) is 4.16. The van der Waals surface area contributed by atoms with Gasteiger partial charge in [0, 0.05) is 0 Å². The van der Waals surface area contributed by atoms with Crippen LogP contribution < -0.4 is 0 Å². The first-order valence-electron chi connectivity index (χ1n) is 6.45. The molecular weight excluding hydrogens is 210 g/mol. The Labute approximate surface area is 104 Å². The maximum atomic E-state index is 10.6. The molecule has 0 saturated carbocycles. The molecule has 0 spiro atoms. The van der Waals surface area contributed by atoms with Gasteiger partial charge in [-0.3, -0.25) is 0 Å². The predicted molar refractivity (Wildman–Crippen MR) is 70.6 cm³/mol. The molecule has 1 rings (SSSR count). The third-order valence-electron chi connectivity index (χ3n) is 3.23. The van der Waals surface area contributed by atoms with Crippen molar-refractivity contribution < 1.29 is 4.79 Å². The van der Waals surface area contributed by atoms with E-state index in [0.717, 1.165) is 18.4 Å². The van der Waals surface area contributed by atoms with Gasteiger partial charge in [-0.15, -0.1) is 0 Å². The number of hydrogen-bond acceptors (Lipinski definition) is 2.